The quantitative estimate of drug-likeness (QED) is 0.279. The molecule has 0 aliphatic rings. The van der Waals surface area contributed by atoms with E-state index in [0.717, 1.165) is 6.21 Å². The highest BCUT2D eigenvalue weighted by Gasteiger charge is 1.79. The third kappa shape index (κ3) is 2.76. The summed E-state index contributed by atoms with van der Waals surface area (Å²) in [7, 11) is 0. The lowest BCUT2D eigenvalue weighted by molar-refractivity contribution is 1.45. The lowest BCUT2D eigenvalue weighted by atomic mass is 10.4. The molecule has 0 aromatic heterocycles. The van der Waals surface area contributed by atoms with Crippen LogP contribution in [0.5, 0.6) is 0 Å². The molecule has 9 heavy (non-hydrogen) atoms. The van der Waals surface area contributed by atoms with E-state index in [2.05, 4.69) is 4.99 Å². The molecule has 0 aromatic rings. The smallest absolute Gasteiger partial charge is 0.205 e. The van der Waals surface area contributed by atoms with Gasteiger partial charge in [-0.3, -0.25) is 0 Å². The molecule has 0 atom stereocenters. The summed E-state index contributed by atoms with van der Waals surface area (Å²) < 4.78 is 0. The Labute approximate surface area is 51.9 Å². The molecule has 0 saturated carbocycles. The standard InChI is InChI=1S/C5HN4/c6-1-5(2-7)3-9-4-8/h3H/q-1. The van der Waals surface area contributed by atoms with Gasteiger partial charge in [0.15, 0.2) is 0 Å². The number of aliphatic imine (C=N–C) groups is 1. The molecule has 0 heterocycles. The van der Waals surface area contributed by atoms with Gasteiger partial charge in [-0.05, 0) is 0 Å². The molecule has 0 saturated heterocycles. The summed E-state index contributed by atoms with van der Waals surface area (Å²) in [5, 5.41) is 23.9. The number of hydrogen-bond donors (Lipinski definition) is 0. The van der Waals surface area contributed by atoms with Crippen LogP contribution in [0.15, 0.2) is 10.6 Å². The molecule has 4 heteroatoms. The minimum absolute atomic E-state index is 0.170. The zero-order valence-corrected chi connectivity index (χ0v) is 4.37. The molecule has 0 amide bonds. The second-order valence-electron chi connectivity index (χ2n) is 0.995. The summed E-state index contributed by atoms with van der Waals surface area (Å²) in [6, 6.07) is 1.54. The summed E-state index contributed by atoms with van der Waals surface area (Å²) in [6.07, 6.45) is 2.33. The van der Waals surface area contributed by atoms with Gasteiger partial charge in [-0.2, -0.15) is 15.5 Å². The van der Waals surface area contributed by atoms with E-state index in [0.29, 0.717) is 0 Å². The Kier molecular flexibility index (Phi) is 3.36. The van der Waals surface area contributed by atoms with Crippen LogP contribution in [0.4, 0.5) is 0 Å². The van der Waals surface area contributed by atoms with E-state index >= 15 is 0 Å². The van der Waals surface area contributed by atoms with E-state index in [4.69, 9.17) is 15.9 Å². The van der Waals surface area contributed by atoms with Gasteiger partial charge < -0.3 is 5.41 Å². The largest absolute Gasteiger partial charge is 0.762 e. The fraction of sp³-hybridized carbons (Fsp3) is 0. The Morgan fingerprint density at radius 1 is 1.56 bits per heavy atom. The number of rotatable bonds is 1. The average molecular weight is 117 g/mol. The van der Waals surface area contributed by atoms with Crippen molar-refractivity contribution < 1.29 is 0 Å². The average Bonchev–Trinajstić information content (AvgIpc) is 1.91. The monoisotopic (exact) mass is 117 g/mol. The SMILES string of the molecule is N#CN=CC(=C=[N-])C#N. The van der Waals surface area contributed by atoms with Crippen molar-refractivity contribution in [1.29, 1.82) is 10.5 Å². The first-order valence-corrected chi connectivity index (χ1v) is 1.94. The fourth-order valence-electron chi connectivity index (χ4n) is 0.176. The molecule has 0 radical (unpaired) electrons. The van der Waals surface area contributed by atoms with Gasteiger partial charge in [0.05, 0.1) is 11.8 Å². The molecule has 0 N–H and O–H groups in total. The molecule has 0 bridgehead atoms. The van der Waals surface area contributed by atoms with Gasteiger partial charge >= 0.3 is 0 Å². The van der Waals surface area contributed by atoms with Crippen molar-refractivity contribution in [2.75, 3.05) is 0 Å². The van der Waals surface area contributed by atoms with Gasteiger partial charge in [-0.1, -0.05) is 0 Å². The first-order valence-electron chi connectivity index (χ1n) is 1.94. The topological polar surface area (TPSA) is 82.2 Å². The van der Waals surface area contributed by atoms with Crippen LogP contribution in [0.25, 0.3) is 5.41 Å². The maximum Gasteiger partial charge on any atom is 0.205 e. The lowest BCUT2D eigenvalue weighted by Gasteiger charge is -1.76. The number of hydrogen-bond acceptors (Lipinski definition) is 3. The third-order valence-electron chi connectivity index (χ3n) is 0.492. The highest BCUT2D eigenvalue weighted by Crippen LogP contribution is 1.76. The van der Waals surface area contributed by atoms with E-state index in [9.17, 15) is 0 Å². The van der Waals surface area contributed by atoms with Crippen molar-refractivity contribution in [3.8, 4) is 12.3 Å². The molecular formula is C5HN4-. The van der Waals surface area contributed by atoms with Crippen LogP contribution in [0, 0.1) is 22.8 Å². The summed E-state index contributed by atoms with van der Waals surface area (Å²) in [6.45, 7) is 0. The Morgan fingerprint density at radius 2 is 2.22 bits per heavy atom. The van der Waals surface area contributed by atoms with E-state index in [1.807, 2.05) is 0 Å². The van der Waals surface area contributed by atoms with Crippen LogP contribution >= 0.6 is 0 Å². The summed E-state index contributed by atoms with van der Waals surface area (Å²) in [4.78, 5) is 3.01. The molecule has 4 nitrogen and oxygen atoms in total. The number of nitriles is 2. The first kappa shape index (κ1) is 7.10. The van der Waals surface area contributed by atoms with Crippen LogP contribution in [-0.2, 0) is 0 Å². The fourth-order valence-corrected chi connectivity index (χ4v) is 0.176. The number of allylic oxidation sites excluding steroid dienone is 1. The Balaban J connectivity index is 4.29. The highest BCUT2D eigenvalue weighted by atomic mass is 14.7. The van der Waals surface area contributed by atoms with Gasteiger partial charge in [0, 0.05) is 0 Å². The Morgan fingerprint density at radius 3 is 2.56 bits per heavy atom. The Bertz CT molecular complexity index is 243. The normalized spacial score (nSPS) is 7.33. The van der Waals surface area contributed by atoms with Crippen molar-refractivity contribution in [1.82, 2.24) is 0 Å². The highest BCUT2D eigenvalue weighted by molar-refractivity contribution is 5.96. The first-order chi connectivity index (χ1) is 4.35. The van der Waals surface area contributed by atoms with E-state index in [-0.39, 0.29) is 5.57 Å². The molecular weight excluding hydrogens is 116 g/mol. The van der Waals surface area contributed by atoms with E-state index < -0.39 is 0 Å². The molecule has 0 spiro atoms. The molecule has 0 unspecified atom stereocenters. The van der Waals surface area contributed by atoms with Crippen molar-refractivity contribution in [3.05, 3.63) is 11.0 Å². The van der Waals surface area contributed by atoms with Gasteiger partial charge in [-0.15, -0.1) is 0 Å². The van der Waals surface area contributed by atoms with Crippen LogP contribution in [-0.4, -0.2) is 12.1 Å². The Hall–Kier alpha value is -1.90. The van der Waals surface area contributed by atoms with Gasteiger partial charge in [-0.25, -0.2) is 5.87 Å². The zero-order valence-electron chi connectivity index (χ0n) is 4.37. The van der Waals surface area contributed by atoms with Crippen molar-refractivity contribution in [2.24, 2.45) is 4.99 Å². The zero-order chi connectivity index (χ0) is 7.11. The van der Waals surface area contributed by atoms with Gasteiger partial charge in [0.1, 0.15) is 6.07 Å². The number of nitrogens with zero attached hydrogens (tertiary/aromatic N) is 4. The summed E-state index contributed by atoms with van der Waals surface area (Å²) >= 11 is 0. The van der Waals surface area contributed by atoms with Gasteiger partial charge in [0.25, 0.3) is 0 Å². The van der Waals surface area contributed by atoms with Crippen LogP contribution in [0.1, 0.15) is 0 Å². The summed E-state index contributed by atoms with van der Waals surface area (Å²) in [5.74, 6) is 1.54. The molecule has 0 aliphatic heterocycles. The predicted molar refractivity (Wildman–Crippen MR) is 31.6 cm³/mol. The molecule has 0 aliphatic carbocycles. The summed E-state index contributed by atoms with van der Waals surface area (Å²) in [5.41, 5.74) is -0.170. The van der Waals surface area contributed by atoms with Crippen LogP contribution in [0.3, 0.4) is 0 Å². The molecule has 0 aromatic carbocycles. The van der Waals surface area contributed by atoms with Crippen LogP contribution < -0.4 is 0 Å². The minimum atomic E-state index is -0.170. The van der Waals surface area contributed by atoms with Crippen LogP contribution in [0.2, 0.25) is 0 Å². The second-order valence-corrected chi connectivity index (χ2v) is 0.995. The maximum atomic E-state index is 8.04. The molecule has 0 rings (SSSR count). The van der Waals surface area contributed by atoms with Crippen molar-refractivity contribution in [3.63, 3.8) is 0 Å². The van der Waals surface area contributed by atoms with Gasteiger partial charge in [0.2, 0.25) is 6.19 Å². The lowest BCUT2D eigenvalue weighted by Crippen LogP contribution is -1.77. The second kappa shape index (κ2) is 4.26. The van der Waals surface area contributed by atoms with E-state index in [1.54, 1.807) is 11.9 Å². The maximum absolute atomic E-state index is 8.04. The molecule has 42 valence electrons. The predicted octanol–water partition coefficient (Wildman–Crippen LogP) is 0.227. The van der Waals surface area contributed by atoms with Crippen molar-refractivity contribution >= 4 is 12.1 Å². The van der Waals surface area contributed by atoms with Crippen molar-refractivity contribution in [2.45, 2.75) is 0 Å². The van der Waals surface area contributed by atoms with E-state index in [1.165, 1.54) is 6.19 Å². The third-order valence-corrected chi connectivity index (χ3v) is 0.492. The molecule has 0 fully saturated rings. The minimum Gasteiger partial charge on any atom is -0.762 e.